The van der Waals surface area contributed by atoms with Crippen molar-refractivity contribution in [3.63, 3.8) is 0 Å². The first-order valence-corrected chi connectivity index (χ1v) is 10.4. The smallest absolute Gasteiger partial charge is 0.269 e. The van der Waals surface area contributed by atoms with Crippen LogP contribution in [0.4, 0.5) is 5.69 Å². The number of aryl methyl sites for hydroxylation is 1. The Hall–Kier alpha value is -3.20. The monoisotopic (exact) mass is 401 g/mol. The Kier molecular flexibility index (Phi) is 5.74. The molecule has 0 unspecified atom stereocenters. The molecule has 3 aromatic rings. The van der Waals surface area contributed by atoms with E-state index >= 15 is 0 Å². The highest BCUT2D eigenvalue weighted by molar-refractivity contribution is 7.90. The van der Waals surface area contributed by atoms with Gasteiger partial charge in [-0.15, -0.1) is 0 Å². The number of ether oxygens (including phenoxy) is 1. The van der Waals surface area contributed by atoms with E-state index in [1.54, 1.807) is 35.1 Å². The van der Waals surface area contributed by atoms with E-state index in [4.69, 9.17) is 4.74 Å². The molecule has 0 aliphatic carbocycles. The van der Waals surface area contributed by atoms with Crippen LogP contribution in [0.5, 0.6) is 5.75 Å². The lowest BCUT2D eigenvalue weighted by Crippen LogP contribution is -2.05. The molecule has 0 fully saturated rings. The molecule has 0 N–H and O–H groups in total. The molecule has 1 heterocycles. The highest BCUT2D eigenvalue weighted by atomic mass is 32.2. The van der Waals surface area contributed by atoms with Crippen LogP contribution in [0.15, 0.2) is 65.8 Å². The molecule has 2 aromatic carbocycles. The van der Waals surface area contributed by atoms with Crippen LogP contribution in [-0.4, -0.2) is 36.0 Å². The summed E-state index contributed by atoms with van der Waals surface area (Å²) in [6.07, 6.45) is 5.47. The highest BCUT2D eigenvalue weighted by Gasteiger charge is 2.08. The first kappa shape index (κ1) is 19.6. The van der Waals surface area contributed by atoms with Crippen molar-refractivity contribution in [2.24, 2.45) is 0 Å². The molecule has 1 aromatic heterocycles. The van der Waals surface area contributed by atoms with E-state index in [2.05, 4.69) is 5.10 Å². The fourth-order valence-corrected chi connectivity index (χ4v) is 3.24. The number of non-ortho nitro benzene ring substituents is 1. The Bertz CT molecular complexity index is 1060. The maximum atomic E-state index is 11.4. The van der Waals surface area contributed by atoms with Crippen molar-refractivity contribution in [1.82, 2.24) is 9.78 Å². The molecule has 146 valence electrons. The predicted molar refractivity (Wildman–Crippen MR) is 104 cm³/mol. The van der Waals surface area contributed by atoms with E-state index in [9.17, 15) is 18.5 Å². The molecule has 8 nitrogen and oxygen atoms in total. The van der Waals surface area contributed by atoms with Gasteiger partial charge in [0, 0.05) is 43.1 Å². The SMILES string of the molecule is CS(=O)(=O)c1ccc(OCCCn2cc(-c3ccc([N+](=O)[O-])cc3)cn2)cc1. The van der Waals surface area contributed by atoms with E-state index in [-0.39, 0.29) is 10.6 Å². The molecule has 0 atom stereocenters. The van der Waals surface area contributed by atoms with E-state index in [1.165, 1.54) is 24.3 Å². The Morgan fingerprint density at radius 3 is 2.36 bits per heavy atom. The Morgan fingerprint density at radius 2 is 1.75 bits per heavy atom. The molecule has 0 bridgehead atoms. The fraction of sp³-hybridized carbons (Fsp3) is 0.211. The molecule has 0 radical (unpaired) electrons. The summed E-state index contributed by atoms with van der Waals surface area (Å²) in [5, 5.41) is 15.0. The average molecular weight is 401 g/mol. The van der Waals surface area contributed by atoms with Gasteiger partial charge in [0.15, 0.2) is 9.84 Å². The standard InChI is InChI=1S/C19H19N3O5S/c1-28(25,26)19-9-7-18(8-10-19)27-12-2-11-21-14-16(13-20-21)15-3-5-17(6-4-15)22(23)24/h3-10,13-14H,2,11-12H2,1H3. The molecule has 3 rings (SSSR count). The number of hydrogen-bond donors (Lipinski definition) is 0. The fourth-order valence-electron chi connectivity index (χ4n) is 2.61. The molecular formula is C19H19N3O5S. The number of rotatable bonds is 8. The second-order valence-corrected chi connectivity index (χ2v) is 8.26. The summed E-state index contributed by atoms with van der Waals surface area (Å²) in [5.41, 5.74) is 1.80. The van der Waals surface area contributed by atoms with Crippen LogP contribution in [0.1, 0.15) is 6.42 Å². The van der Waals surface area contributed by atoms with Gasteiger partial charge in [0.2, 0.25) is 0 Å². The second kappa shape index (κ2) is 8.22. The van der Waals surface area contributed by atoms with Gasteiger partial charge in [0.05, 0.1) is 22.6 Å². The van der Waals surface area contributed by atoms with Crippen molar-refractivity contribution in [1.29, 1.82) is 0 Å². The van der Waals surface area contributed by atoms with E-state index < -0.39 is 14.8 Å². The van der Waals surface area contributed by atoms with E-state index in [1.807, 2.05) is 6.20 Å². The summed E-state index contributed by atoms with van der Waals surface area (Å²) >= 11 is 0. The first-order valence-electron chi connectivity index (χ1n) is 8.53. The molecule has 0 saturated carbocycles. The summed E-state index contributed by atoms with van der Waals surface area (Å²) < 4.78 is 30.3. The first-order chi connectivity index (χ1) is 13.3. The minimum atomic E-state index is -3.21. The summed E-state index contributed by atoms with van der Waals surface area (Å²) in [7, 11) is -3.21. The van der Waals surface area contributed by atoms with Crippen LogP contribution in [0.2, 0.25) is 0 Å². The van der Waals surface area contributed by atoms with Gasteiger partial charge in [-0.05, 0) is 42.0 Å². The third-order valence-electron chi connectivity index (χ3n) is 4.10. The van der Waals surface area contributed by atoms with Crippen molar-refractivity contribution < 1.29 is 18.1 Å². The number of nitro benzene ring substituents is 1. The molecule has 28 heavy (non-hydrogen) atoms. The summed E-state index contributed by atoms with van der Waals surface area (Å²) in [6, 6.07) is 12.6. The Balaban J connectivity index is 1.50. The van der Waals surface area contributed by atoms with Gasteiger partial charge in [-0.3, -0.25) is 14.8 Å². The van der Waals surface area contributed by atoms with Crippen molar-refractivity contribution in [2.75, 3.05) is 12.9 Å². The summed E-state index contributed by atoms with van der Waals surface area (Å²) in [4.78, 5) is 10.5. The average Bonchev–Trinajstić information content (AvgIpc) is 3.14. The van der Waals surface area contributed by atoms with Gasteiger partial charge >= 0.3 is 0 Å². The molecule has 0 aliphatic heterocycles. The van der Waals surface area contributed by atoms with E-state index in [0.29, 0.717) is 18.9 Å². The van der Waals surface area contributed by atoms with Crippen LogP contribution >= 0.6 is 0 Å². The molecule has 0 amide bonds. The van der Waals surface area contributed by atoms with Crippen LogP contribution in [0.3, 0.4) is 0 Å². The maximum absolute atomic E-state index is 11.4. The van der Waals surface area contributed by atoms with Gasteiger partial charge in [0.25, 0.3) is 5.69 Å². The van der Waals surface area contributed by atoms with Gasteiger partial charge < -0.3 is 4.74 Å². The van der Waals surface area contributed by atoms with Gasteiger partial charge in [-0.1, -0.05) is 0 Å². The topological polar surface area (TPSA) is 104 Å². The maximum Gasteiger partial charge on any atom is 0.269 e. The largest absolute Gasteiger partial charge is 0.494 e. The molecule has 0 spiro atoms. The van der Waals surface area contributed by atoms with Gasteiger partial charge in [-0.25, -0.2) is 8.42 Å². The van der Waals surface area contributed by atoms with Crippen molar-refractivity contribution in [3.05, 3.63) is 71.0 Å². The Morgan fingerprint density at radius 1 is 1.07 bits per heavy atom. The van der Waals surface area contributed by atoms with Crippen LogP contribution < -0.4 is 4.74 Å². The number of nitro groups is 1. The van der Waals surface area contributed by atoms with Crippen LogP contribution in [0, 0.1) is 10.1 Å². The summed E-state index contributed by atoms with van der Waals surface area (Å²) in [6.45, 7) is 1.11. The van der Waals surface area contributed by atoms with Crippen LogP contribution in [-0.2, 0) is 16.4 Å². The third kappa shape index (κ3) is 4.95. The number of sulfone groups is 1. The second-order valence-electron chi connectivity index (χ2n) is 6.24. The molecule has 0 aliphatic rings. The Labute approximate surface area is 162 Å². The molecule has 9 heteroatoms. The van der Waals surface area contributed by atoms with Crippen molar-refractivity contribution in [2.45, 2.75) is 17.9 Å². The predicted octanol–water partition coefficient (Wildman–Crippen LogP) is 3.33. The molecular weight excluding hydrogens is 382 g/mol. The highest BCUT2D eigenvalue weighted by Crippen LogP contribution is 2.22. The minimum absolute atomic E-state index is 0.0536. The lowest BCUT2D eigenvalue weighted by atomic mass is 10.1. The zero-order valence-corrected chi connectivity index (χ0v) is 16.0. The van der Waals surface area contributed by atoms with Gasteiger partial charge in [0.1, 0.15) is 5.75 Å². The number of hydrogen-bond acceptors (Lipinski definition) is 6. The lowest BCUT2D eigenvalue weighted by molar-refractivity contribution is -0.384. The number of aromatic nitrogens is 2. The quantitative estimate of drug-likeness (QED) is 0.326. The summed E-state index contributed by atoms with van der Waals surface area (Å²) in [5.74, 6) is 0.611. The van der Waals surface area contributed by atoms with Crippen LogP contribution in [0.25, 0.3) is 11.1 Å². The zero-order valence-electron chi connectivity index (χ0n) is 15.2. The third-order valence-corrected chi connectivity index (χ3v) is 5.23. The number of benzene rings is 2. The zero-order chi connectivity index (χ0) is 20.1. The normalized spacial score (nSPS) is 11.3. The van der Waals surface area contributed by atoms with Gasteiger partial charge in [-0.2, -0.15) is 5.10 Å². The van der Waals surface area contributed by atoms with Crippen molar-refractivity contribution in [3.8, 4) is 16.9 Å². The minimum Gasteiger partial charge on any atom is -0.494 e. The molecule has 0 saturated heterocycles. The van der Waals surface area contributed by atoms with E-state index in [0.717, 1.165) is 23.8 Å². The number of nitrogens with zero attached hydrogens (tertiary/aromatic N) is 3. The lowest BCUT2D eigenvalue weighted by Gasteiger charge is -2.07. The van der Waals surface area contributed by atoms with Crippen molar-refractivity contribution >= 4 is 15.5 Å².